The van der Waals surface area contributed by atoms with Gasteiger partial charge in [-0.1, -0.05) is 58.0 Å². The van der Waals surface area contributed by atoms with Gasteiger partial charge in [0.1, 0.15) is 0 Å². The lowest BCUT2D eigenvalue weighted by atomic mass is 10.1. The number of benzene rings is 2. The van der Waals surface area contributed by atoms with Crippen molar-refractivity contribution in [3.8, 4) is 0 Å². The molecule has 6 nitrogen and oxygen atoms in total. The second-order valence-corrected chi connectivity index (χ2v) is 10.4. The van der Waals surface area contributed by atoms with E-state index < -0.39 is 5.97 Å². The molecule has 2 amide bonds. The van der Waals surface area contributed by atoms with E-state index in [4.69, 9.17) is 4.74 Å². The Morgan fingerprint density at radius 1 is 0.971 bits per heavy atom. The lowest BCUT2D eigenvalue weighted by Crippen LogP contribution is -2.39. The molecule has 0 N–H and O–H groups in total. The summed E-state index contributed by atoms with van der Waals surface area (Å²) < 4.78 is 5.39. The number of esters is 1. The lowest BCUT2D eigenvalue weighted by molar-refractivity contribution is -0.135. The number of hydrogen-bond acceptors (Lipinski definition) is 5. The van der Waals surface area contributed by atoms with E-state index in [-0.39, 0.29) is 24.2 Å². The van der Waals surface area contributed by atoms with E-state index in [2.05, 4.69) is 27.7 Å². The maximum Gasteiger partial charge on any atom is 0.339 e. The van der Waals surface area contributed by atoms with Crippen LogP contribution in [-0.4, -0.2) is 54.7 Å². The number of anilines is 1. The van der Waals surface area contributed by atoms with Gasteiger partial charge in [0.05, 0.1) is 11.3 Å². The Morgan fingerprint density at radius 2 is 1.62 bits per heavy atom. The van der Waals surface area contributed by atoms with E-state index in [1.165, 1.54) is 17.3 Å². The van der Waals surface area contributed by atoms with E-state index in [1.54, 1.807) is 28.0 Å². The van der Waals surface area contributed by atoms with Crippen LogP contribution >= 0.6 is 11.8 Å². The minimum Gasteiger partial charge on any atom is -0.452 e. The fraction of sp³-hybridized carbons (Fsp3) is 0.444. The van der Waals surface area contributed by atoms with Crippen molar-refractivity contribution in [3.63, 3.8) is 0 Å². The van der Waals surface area contributed by atoms with Crippen LogP contribution in [0.5, 0.6) is 0 Å². The largest absolute Gasteiger partial charge is 0.452 e. The smallest absolute Gasteiger partial charge is 0.339 e. The molecule has 0 aliphatic carbocycles. The SMILES string of the molecule is CC(C)CN(CC(C)C)C(=O)COC(=O)c1ccccc1SCC(=O)N1CCc2ccccc21. The molecule has 34 heavy (non-hydrogen) atoms. The van der Waals surface area contributed by atoms with Crippen molar-refractivity contribution in [3.05, 3.63) is 59.7 Å². The fourth-order valence-electron chi connectivity index (χ4n) is 4.03. The summed E-state index contributed by atoms with van der Waals surface area (Å²) >= 11 is 1.32. The van der Waals surface area contributed by atoms with Gasteiger partial charge in [0.15, 0.2) is 6.61 Å². The molecule has 1 aliphatic rings. The standard InChI is InChI=1S/C27H34N2O4S/c1-19(2)15-28(16-20(3)4)25(30)17-33-27(32)22-10-6-8-12-24(22)34-18-26(31)29-14-13-21-9-5-7-11-23(21)29/h5-12,19-20H,13-18H2,1-4H3. The Balaban J connectivity index is 1.59. The first-order valence-corrected chi connectivity index (χ1v) is 12.8. The van der Waals surface area contributed by atoms with Gasteiger partial charge in [0, 0.05) is 30.2 Å². The van der Waals surface area contributed by atoms with Crippen LogP contribution in [0.4, 0.5) is 5.69 Å². The molecule has 2 aromatic rings. The maximum atomic E-state index is 12.9. The van der Waals surface area contributed by atoms with E-state index in [9.17, 15) is 14.4 Å². The molecule has 7 heteroatoms. The lowest BCUT2D eigenvalue weighted by Gasteiger charge is -2.26. The molecule has 1 aliphatic heterocycles. The first kappa shape index (κ1) is 25.8. The second-order valence-electron chi connectivity index (χ2n) is 9.37. The predicted molar refractivity (Wildman–Crippen MR) is 136 cm³/mol. The maximum absolute atomic E-state index is 12.9. The molecule has 0 bridgehead atoms. The molecule has 0 saturated heterocycles. The third kappa shape index (κ3) is 6.86. The van der Waals surface area contributed by atoms with Crippen LogP contribution in [0.15, 0.2) is 53.4 Å². The van der Waals surface area contributed by atoms with Crippen LogP contribution in [0.25, 0.3) is 0 Å². The van der Waals surface area contributed by atoms with E-state index in [0.717, 1.165) is 12.1 Å². The summed E-state index contributed by atoms with van der Waals surface area (Å²) in [5, 5.41) is 0. The summed E-state index contributed by atoms with van der Waals surface area (Å²) in [6, 6.07) is 15.0. The summed E-state index contributed by atoms with van der Waals surface area (Å²) in [4.78, 5) is 42.6. The minimum atomic E-state index is -0.551. The number of thioether (sulfide) groups is 1. The zero-order chi connectivity index (χ0) is 24.7. The minimum absolute atomic E-state index is 0.00584. The highest BCUT2D eigenvalue weighted by molar-refractivity contribution is 8.00. The quantitative estimate of drug-likeness (QED) is 0.364. The zero-order valence-corrected chi connectivity index (χ0v) is 21.3. The summed E-state index contributed by atoms with van der Waals surface area (Å²) in [6.45, 7) is 9.87. The van der Waals surface area contributed by atoms with E-state index in [0.29, 0.717) is 41.9 Å². The van der Waals surface area contributed by atoms with Crippen LogP contribution in [-0.2, 0) is 20.7 Å². The molecule has 2 aromatic carbocycles. The number of amides is 2. The molecule has 0 saturated carbocycles. The number of ether oxygens (including phenoxy) is 1. The van der Waals surface area contributed by atoms with Crippen molar-refractivity contribution >= 4 is 35.2 Å². The summed E-state index contributed by atoms with van der Waals surface area (Å²) in [5.41, 5.74) is 2.51. The van der Waals surface area contributed by atoms with Gasteiger partial charge in [-0.15, -0.1) is 11.8 Å². The normalized spacial score (nSPS) is 12.7. The topological polar surface area (TPSA) is 66.9 Å². The molecule has 0 spiro atoms. The summed E-state index contributed by atoms with van der Waals surface area (Å²) in [6.07, 6.45) is 0.855. The van der Waals surface area contributed by atoms with Gasteiger partial charge in [-0.25, -0.2) is 4.79 Å². The van der Waals surface area contributed by atoms with Gasteiger partial charge >= 0.3 is 5.97 Å². The molecule has 0 aromatic heterocycles. The molecule has 182 valence electrons. The highest BCUT2D eigenvalue weighted by Gasteiger charge is 2.25. The van der Waals surface area contributed by atoms with Crippen molar-refractivity contribution in [2.75, 3.05) is 36.9 Å². The predicted octanol–water partition coefficient (Wildman–Crippen LogP) is 4.67. The Morgan fingerprint density at radius 3 is 2.32 bits per heavy atom. The fourth-order valence-corrected chi connectivity index (χ4v) is 4.95. The van der Waals surface area contributed by atoms with E-state index >= 15 is 0 Å². The third-order valence-electron chi connectivity index (χ3n) is 5.50. The average molecular weight is 483 g/mol. The van der Waals surface area contributed by atoms with Crippen molar-refractivity contribution in [2.45, 2.75) is 39.0 Å². The Labute approximate surface area is 206 Å². The number of fused-ring (bicyclic) bond motifs is 1. The van der Waals surface area contributed by atoms with Crippen LogP contribution in [0.2, 0.25) is 0 Å². The average Bonchev–Trinajstić information content (AvgIpc) is 3.24. The van der Waals surface area contributed by atoms with Crippen LogP contribution < -0.4 is 4.90 Å². The third-order valence-corrected chi connectivity index (χ3v) is 6.56. The highest BCUT2D eigenvalue weighted by atomic mass is 32.2. The van der Waals surface area contributed by atoms with E-state index in [1.807, 2.05) is 30.3 Å². The molecule has 0 unspecified atom stereocenters. The molecule has 0 atom stereocenters. The van der Waals surface area contributed by atoms with Crippen molar-refractivity contribution in [1.29, 1.82) is 0 Å². The number of hydrogen-bond donors (Lipinski definition) is 0. The molecular formula is C27H34N2O4S. The van der Waals surface area contributed by atoms with Gasteiger partial charge in [0.25, 0.3) is 5.91 Å². The van der Waals surface area contributed by atoms with Gasteiger partial charge in [-0.3, -0.25) is 9.59 Å². The monoisotopic (exact) mass is 482 g/mol. The number of nitrogens with zero attached hydrogens (tertiary/aromatic N) is 2. The Kier molecular flexibility index (Phi) is 9.16. The molecular weight excluding hydrogens is 448 g/mol. The number of para-hydroxylation sites is 1. The Hall–Kier alpha value is -2.80. The zero-order valence-electron chi connectivity index (χ0n) is 20.5. The highest BCUT2D eigenvalue weighted by Crippen LogP contribution is 2.30. The van der Waals surface area contributed by atoms with Gasteiger partial charge < -0.3 is 14.5 Å². The van der Waals surface area contributed by atoms with Crippen molar-refractivity contribution in [1.82, 2.24) is 4.90 Å². The van der Waals surface area contributed by atoms with Crippen LogP contribution in [0.3, 0.4) is 0 Å². The van der Waals surface area contributed by atoms with Crippen LogP contribution in [0.1, 0.15) is 43.6 Å². The molecule has 1 heterocycles. The number of rotatable bonds is 10. The summed E-state index contributed by atoms with van der Waals surface area (Å²) in [7, 11) is 0. The Bertz CT molecular complexity index is 1010. The first-order valence-electron chi connectivity index (χ1n) is 11.8. The number of carbonyl (C=O) groups is 3. The molecule has 3 rings (SSSR count). The molecule has 0 radical (unpaired) electrons. The number of carbonyl (C=O) groups excluding carboxylic acids is 3. The van der Waals surface area contributed by atoms with Gasteiger partial charge in [0.2, 0.25) is 5.91 Å². The van der Waals surface area contributed by atoms with Crippen LogP contribution in [0, 0.1) is 11.8 Å². The second kappa shape index (κ2) is 12.1. The molecule has 0 fully saturated rings. The van der Waals surface area contributed by atoms with Crippen molar-refractivity contribution < 1.29 is 19.1 Å². The summed E-state index contributed by atoms with van der Waals surface area (Å²) in [5.74, 6) is 0.138. The van der Waals surface area contributed by atoms with Gasteiger partial charge in [-0.2, -0.15) is 0 Å². The van der Waals surface area contributed by atoms with Gasteiger partial charge in [-0.05, 0) is 42.0 Å². The first-order chi connectivity index (χ1) is 16.3. The van der Waals surface area contributed by atoms with Crippen molar-refractivity contribution in [2.24, 2.45) is 11.8 Å².